The summed E-state index contributed by atoms with van der Waals surface area (Å²) in [5.41, 5.74) is 0. The van der Waals surface area contributed by atoms with Crippen LogP contribution in [0.5, 0.6) is 0 Å². The second-order valence-corrected chi connectivity index (χ2v) is 2.06. The van der Waals surface area contributed by atoms with Crippen LogP contribution in [0, 0.1) is 0 Å². The van der Waals surface area contributed by atoms with Crippen LogP contribution in [0.2, 0.25) is 0 Å². The van der Waals surface area contributed by atoms with E-state index < -0.39 is 10.7 Å². The summed E-state index contributed by atoms with van der Waals surface area (Å²) >= 11 is 0. The molecular formula is C3H5O3S. The molecule has 0 aliphatic rings. The highest BCUT2D eigenvalue weighted by molar-refractivity contribution is 7.72. The Labute approximate surface area is 43.3 Å². The van der Waals surface area contributed by atoms with Crippen molar-refractivity contribution in [2.75, 3.05) is 5.75 Å². The van der Waals surface area contributed by atoms with Gasteiger partial charge in [-0.1, -0.05) is 0 Å². The molecule has 0 fully saturated rings. The van der Waals surface area contributed by atoms with Crippen LogP contribution < -0.4 is 0 Å². The minimum atomic E-state index is -2.37. The van der Waals surface area contributed by atoms with Gasteiger partial charge in [0.15, 0.2) is 6.29 Å². The van der Waals surface area contributed by atoms with Crippen LogP contribution in [-0.4, -0.2) is 20.5 Å². The molecule has 7 heavy (non-hydrogen) atoms. The summed E-state index contributed by atoms with van der Waals surface area (Å²) in [5.74, 6) is -0.0706. The fourth-order valence-electron chi connectivity index (χ4n) is 0.137. The lowest BCUT2D eigenvalue weighted by Gasteiger charge is -1.71. The van der Waals surface area contributed by atoms with Crippen molar-refractivity contribution in [1.29, 1.82) is 0 Å². The maximum atomic E-state index is 9.62. The van der Waals surface area contributed by atoms with Crippen LogP contribution in [0.15, 0.2) is 0 Å². The Bertz CT molecular complexity index is 107. The Morgan fingerprint density at radius 2 is 2.00 bits per heavy atom. The Hall–Kier alpha value is -0.380. The van der Waals surface area contributed by atoms with Crippen LogP contribution >= 0.6 is 0 Å². The minimum absolute atomic E-state index is 0.00129. The fraction of sp³-hybridized carbons (Fsp3) is 0.667. The standard InChI is InChI=1S/C3H5O3S/c4-2-1-3-7(5)6/h7H,1,3H2. The molecule has 3 nitrogen and oxygen atoms in total. The van der Waals surface area contributed by atoms with Gasteiger partial charge in [0.1, 0.15) is 10.7 Å². The Morgan fingerprint density at radius 3 is 2.14 bits per heavy atom. The zero-order valence-corrected chi connectivity index (χ0v) is 4.48. The number of hydrogen-bond donors (Lipinski definition) is 1. The van der Waals surface area contributed by atoms with Crippen LogP contribution in [-0.2, 0) is 15.5 Å². The lowest BCUT2D eigenvalue weighted by atomic mass is 10.6. The first-order valence-electron chi connectivity index (χ1n) is 1.74. The van der Waals surface area contributed by atoms with E-state index in [1.54, 1.807) is 0 Å². The van der Waals surface area contributed by atoms with Gasteiger partial charge in [0.25, 0.3) is 0 Å². The van der Waals surface area contributed by atoms with Crippen molar-refractivity contribution in [2.45, 2.75) is 6.42 Å². The van der Waals surface area contributed by atoms with Gasteiger partial charge < -0.3 is 0 Å². The molecule has 0 amide bonds. The normalized spacial score (nSPS) is 9.29. The third-order valence-electron chi connectivity index (χ3n) is 0.396. The summed E-state index contributed by atoms with van der Waals surface area (Å²) in [4.78, 5) is 9.32. The molecule has 0 unspecified atom stereocenters. The molecule has 0 saturated carbocycles. The van der Waals surface area contributed by atoms with Crippen molar-refractivity contribution in [3.8, 4) is 0 Å². The van der Waals surface area contributed by atoms with E-state index in [9.17, 15) is 13.2 Å². The van der Waals surface area contributed by atoms with Crippen LogP contribution in [0.3, 0.4) is 0 Å². The zero-order valence-electron chi connectivity index (χ0n) is 3.59. The van der Waals surface area contributed by atoms with Crippen molar-refractivity contribution in [3.05, 3.63) is 0 Å². The average molecular weight is 121 g/mol. The highest BCUT2D eigenvalue weighted by Gasteiger charge is 1.83. The SMILES string of the molecule is O=[C]CC[SH](=O)=O. The van der Waals surface area contributed by atoms with Crippen molar-refractivity contribution in [3.63, 3.8) is 0 Å². The Balaban J connectivity index is 3.14. The molecule has 0 N–H and O–H groups in total. The maximum absolute atomic E-state index is 9.62. The molecule has 0 aliphatic heterocycles. The summed E-state index contributed by atoms with van der Waals surface area (Å²) in [7, 11) is -2.37. The molecule has 41 valence electrons. The third kappa shape index (κ3) is 5.62. The van der Waals surface area contributed by atoms with E-state index in [2.05, 4.69) is 0 Å². The largest absolute Gasteiger partial charge is 0.291 e. The minimum Gasteiger partial charge on any atom is -0.291 e. The number of rotatable bonds is 3. The summed E-state index contributed by atoms with van der Waals surface area (Å²) < 4.78 is 19.2. The molecule has 0 aromatic carbocycles. The molecule has 0 bridgehead atoms. The van der Waals surface area contributed by atoms with E-state index in [0.29, 0.717) is 0 Å². The summed E-state index contributed by atoms with van der Waals surface area (Å²) in [6.07, 6.45) is 1.46. The number of thiol groups is 1. The van der Waals surface area contributed by atoms with Crippen molar-refractivity contribution in [2.24, 2.45) is 0 Å². The quantitative estimate of drug-likeness (QED) is 0.492. The van der Waals surface area contributed by atoms with Crippen LogP contribution in [0.1, 0.15) is 6.42 Å². The predicted molar refractivity (Wildman–Crippen MR) is 25.5 cm³/mol. The van der Waals surface area contributed by atoms with E-state index in [1.807, 2.05) is 0 Å². The van der Waals surface area contributed by atoms with Crippen molar-refractivity contribution in [1.82, 2.24) is 0 Å². The van der Waals surface area contributed by atoms with Crippen LogP contribution in [0.4, 0.5) is 0 Å². The second kappa shape index (κ2) is 3.80. The smallest absolute Gasteiger partial charge is 0.199 e. The van der Waals surface area contributed by atoms with E-state index in [-0.39, 0.29) is 12.2 Å². The molecule has 0 rings (SSSR count). The molecule has 4 heteroatoms. The topological polar surface area (TPSA) is 51.2 Å². The Morgan fingerprint density at radius 1 is 1.43 bits per heavy atom. The predicted octanol–water partition coefficient (Wildman–Crippen LogP) is -0.902. The molecular weight excluding hydrogens is 116 g/mol. The van der Waals surface area contributed by atoms with Gasteiger partial charge in [-0.25, -0.2) is 8.42 Å². The molecule has 0 heterocycles. The van der Waals surface area contributed by atoms with Crippen molar-refractivity contribution < 1.29 is 13.2 Å². The average Bonchev–Trinajstić information content (AvgIpc) is 1.61. The van der Waals surface area contributed by atoms with Gasteiger partial charge in [0, 0.05) is 6.42 Å². The highest BCUT2D eigenvalue weighted by atomic mass is 32.2. The lowest BCUT2D eigenvalue weighted by molar-refractivity contribution is 0.552. The van der Waals surface area contributed by atoms with E-state index in [4.69, 9.17) is 0 Å². The van der Waals surface area contributed by atoms with Gasteiger partial charge in [0.05, 0.1) is 5.75 Å². The lowest BCUT2D eigenvalue weighted by Crippen LogP contribution is -1.85. The molecule has 0 saturated heterocycles. The summed E-state index contributed by atoms with van der Waals surface area (Å²) in [6, 6.07) is 0. The summed E-state index contributed by atoms with van der Waals surface area (Å²) in [5, 5.41) is 0. The van der Waals surface area contributed by atoms with Gasteiger partial charge in [-0.2, -0.15) is 0 Å². The monoisotopic (exact) mass is 121 g/mol. The van der Waals surface area contributed by atoms with Gasteiger partial charge in [0.2, 0.25) is 0 Å². The fourth-order valence-corrected chi connectivity index (χ4v) is 0.411. The van der Waals surface area contributed by atoms with Crippen LogP contribution in [0.25, 0.3) is 0 Å². The first kappa shape index (κ1) is 6.62. The summed E-state index contributed by atoms with van der Waals surface area (Å²) in [6.45, 7) is 0. The van der Waals surface area contributed by atoms with E-state index in [1.165, 1.54) is 6.29 Å². The molecule has 0 spiro atoms. The zero-order chi connectivity index (χ0) is 5.70. The van der Waals surface area contributed by atoms with Crippen molar-refractivity contribution >= 4 is 17.0 Å². The van der Waals surface area contributed by atoms with E-state index >= 15 is 0 Å². The molecule has 0 aliphatic carbocycles. The maximum Gasteiger partial charge on any atom is 0.199 e. The molecule has 0 aromatic heterocycles. The van der Waals surface area contributed by atoms with Gasteiger partial charge >= 0.3 is 0 Å². The number of hydrogen-bond acceptors (Lipinski definition) is 3. The first-order chi connectivity index (χ1) is 3.27. The van der Waals surface area contributed by atoms with Gasteiger partial charge in [-0.05, 0) is 0 Å². The second-order valence-electron chi connectivity index (χ2n) is 0.951. The third-order valence-corrected chi connectivity index (χ3v) is 0.985. The molecule has 1 radical (unpaired) electrons. The molecule has 0 atom stereocenters. The molecule has 0 aromatic rings. The number of carbonyl (C=O) groups excluding carboxylic acids is 1. The highest BCUT2D eigenvalue weighted by Crippen LogP contribution is 1.69. The first-order valence-corrected chi connectivity index (χ1v) is 3.10. The van der Waals surface area contributed by atoms with Gasteiger partial charge in [-0.15, -0.1) is 0 Å². The Kier molecular flexibility index (Phi) is 3.59. The van der Waals surface area contributed by atoms with E-state index in [0.717, 1.165) is 0 Å². The van der Waals surface area contributed by atoms with Gasteiger partial charge in [-0.3, -0.25) is 4.79 Å².